The van der Waals surface area contributed by atoms with Crippen LogP contribution in [0.5, 0.6) is 0 Å². The zero-order chi connectivity index (χ0) is 16.0. The topological polar surface area (TPSA) is 39.1 Å². The van der Waals surface area contributed by atoms with Gasteiger partial charge in [0, 0.05) is 15.2 Å². The lowest BCUT2D eigenvalue weighted by molar-refractivity contribution is 0.590. The van der Waals surface area contributed by atoms with E-state index in [4.69, 9.17) is 0 Å². The smallest absolute Gasteiger partial charge is 0.233 e. The molecule has 3 aromatic carbocycles. The summed E-state index contributed by atoms with van der Waals surface area (Å²) < 4.78 is 28.7. The van der Waals surface area contributed by atoms with E-state index in [0.717, 1.165) is 15.2 Å². The maximum absolute atomic E-state index is 13.2. The lowest BCUT2D eigenvalue weighted by atomic mass is 10.2. The highest BCUT2D eigenvalue weighted by atomic mass is 79.9. The number of para-hydroxylation sites is 1. The van der Waals surface area contributed by atoms with Crippen molar-refractivity contribution in [3.63, 3.8) is 0 Å². The van der Waals surface area contributed by atoms with Crippen molar-refractivity contribution in [3.8, 4) is 0 Å². The summed E-state index contributed by atoms with van der Waals surface area (Å²) in [7, 11) is -3.66. The Balaban J connectivity index is 2.18. The average molecular weight is 386 g/mol. The normalized spacial score (nSPS) is 12.0. The predicted octanol–water partition coefficient (Wildman–Crippen LogP) is 4.79. The van der Waals surface area contributed by atoms with Gasteiger partial charge in [0.15, 0.2) is 0 Å². The largest absolute Gasteiger partial charge is 0.268 e. The van der Waals surface area contributed by atoms with Crippen molar-refractivity contribution >= 4 is 47.8 Å². The Hall–Kier alpha value is -2.11. The third-order valence-electron chi connectivity index (χ3n) is 3.87. The molecule has 1 heterocycles. The summed E-state index contributed by atoms with van der Waals surface area (Å²) in [6.07, 6.45) is 0. The molecule has 0 saturated carbocycles. The standard InChI is InChI=1S/C18H12BrNO2S/c19-13-10-11-18-16(12-13)15-8-4-5-9-17(15)20(18)23(21,22)14-6-2-1-3-7-14/h1-12H. The van der Waals surface area contributed by atoms with E-state index < -0.39 is 10.0 Å². The maximum atomic E-state index is 13.2. The molecule has 0 fully saturated rings. The molecule has 23 heavy (non-hydrogen) atoms. The van der Waals surface area contributed by atoms with Gasteiger partial charge < -0.3 is 0 Å². The van der Waals surface area contributed by atoms with Gasteiger partial charge in [-0.1, -0.05) is 52.3 Å². The zero-order valence-electron chi connectivity index (χ0n) is 12.0. The second-order valence-corrected chi connectivity index (χ2v) is 7.96. The van der Waals surface area contributed by atoms with Crippen molar-refractivity contribution in [2.45, 2.75) is 4.90 Å². The summed E-state index contributed by atoms with van der Waals surface area (Å²) in [6, 6.07) is 21.7. The minimum absolute atomic E-state index is 0.283. The molecule has 5 heteroatoms. The summed E-state index contributed by atoms with van der Waals surface area (Å²) in [5.74, 6) is 0. The molecule has 0 radical (unpaired) electrons. The van der Waals surface area contributed by atoms with E-state index in [1.54, 1.807) is 24.3 Å². The number of hydrogen-bond acceptors (Lipinski definition) is 2. The molecule has 3 nitrogen and oxygen atoms in total. The van der Waals surface area contributed by atoms with E-state index in [1.165, 1.54) is 3.97 Å². The third kappa shape index (κ3) is 2.19. The van der Waals surface area contributed by atoms with Crippen LogP contribution >= 0.6 is 15.9 Å². The molecule has 0 unspecified atom stereocenters. The van der Waals surface area contributed by atoms with Gasteiger partial charge in [0.2, 0.25) is 0 Å². The molecule has 4 rings (SSSR count). The van der Waals surface area contributed by atoms with Crippen molar-refractivity contribution in [2.75, 3.05) is 0 Å². The van der Waals surface area contributed by atoms with Crippen molar-refractivity contribution < 1.29 is 8.42 Å². The number of nitrogens with zero attached hydrogens (tertiary/aromatic N) is 1. The molecule has 0 spiro atoms. The molecule has 0 aliphatic rings. The number of fused-ring (bicyclic) bond motifs is 3. The summed E-state index contributed by atoms with van der Waals surface area (Å²) in [5.41, 5.74) is 1.36. The van der Waals surface area contributed by atoms with Crippen LogP contribution in [0.3, 0.4) is 0 Å². The highest BCUT2D eigenvalue weighted by Crippen LogP contribution is 2.33. The van der Waals surface area contributed by atoms with Gasteiger partial charge in [-0.05, 0) is 36.4 Å². The number of benzene rings is 3. The van der Waals surface area contributed by atoms with Crippen molar-refractivity contribution in [2.24, 2.45) is 0 Å². The Morgan fingerprint density at radius 1 is 0.739 bits per heavy atom. The molecule has 0 bridgehead atoms. The Labute approximate surface area is 142 Å². The van der Waals surface area contributed by atoms with Crippen LogP contribution < -0.4 is 0 Å². The third-order valence-corrected chi connectivity index (χ3v) is 6.11. The molecule has 1 aromatic heterocycles. The molecule has 114 valence electrons. The van der Waals surface area contributed by atoms with Crippen LogP contribution in [0.2, 0.25) is 0 Å². The fraction of sp³-hybridized carbons (Fsp3) is 0. The molecule has 0 aliphatic heterocycles. The van der Waals surface area contributed by atoms with Crippen molar-refractivity contribution in [1.82, 2.24) is 3.97 Å². The van der Waals surface area contributed by atoms with Gasteiger partial charge in [-0.2, -0.15) is 0 Å². The minimum atomic E-state index is -3.66. The first-order valence-electron chi connectivity index (χ1n) is 7.08. The predicted molar refractivity (Wildman–Crippen MR) is 96.2 cm³/mol. The lowest BCUT2D eigenvalue weighted by Crippen LogP contribution is -2.12. The lowest BCUT2D eigenvalue weighted by Gasteiger charge is -2.09. The van der Waals surface area contributed by atoms with Gasteiger partial charge in [0.25, 0.3) is 10.0 Å². The van der Waals surface area contributed by atoms with Crippen LogP contribution in [0.4, 0.5) is 0 Å². The SMILES string of the molecule is O=S(=O)(c1ccccc1)n1c2ccccc2c2cc(Br)ccc21. The van der Waals surface area contributed by atoms with Crippen LogP contribution in [0.25, 0.3) is 21.8 Å². The fourth-order valence-electron chi connectivity index (χ4n) is 2.87. The molecule has 0 aliphatic carbocycles. The van der Waals surface area contributed by atoms with E-state index in [9.17, 15) is 8.42 Å². The quantitative estimate of drug-likeness (QED) is 0.497. The van der Waals surface area contributed by atoms with E-state index in [2.05, 4.69) is 15.9 Å². The molecule has 0 atom stereocenters. The minimum Gasteiger partial charge on any atom is -0.233 e. The zero-order valence-corrected chi connectivity index (χ0v) is 14.4. The number of rotatable bonds is 2. The van der Waals surface area contributed by atoms with Gasteiger partial charge in [-0.15, -0.1) is 0 Å². The van der Waals surface area contributed by atoms with Gasteiger partial charge in [-0.3, -0.25) is 0 Å². The van der Waals surface area contributed by atoms with Crippen LogP contribution in [0.1, 0.15) is 0 Å². The first kappa shape index (κ1) is 14.5. The molecule has 4 aromatic rings. The van der Waals surface area contributed by atoms with Crippen LogP contribution in [0, 0.1) is 0 Å². The van der Waals surface area contributed by atoms with Gasteiger partial charge in [0.1, 0.15) is 0 Å². The number of aromatic nitrogens is 1. The molecule has 0 amide bonds. The first-order valence-corrected chi connectivity index (χ1v) is 9.32. The van der Waals surface area contributed by atoms with Crippen LogP contribution in [-0.4, -0.2) is 12.4 Å². The maximum Gasteiger partial charge on any atom is 0.268 e. The first-order chi connectivity index (χ1) is 11.1. The van der Waals surface area contributed by atoms with Gasteiger partial charge in [-0.25, -0.2) is 12.4 Å². The Kier molecular flexibility index (Phi) is 3.28. The number of halogens is 1. The monoisotopic (exact) mass is 385 g/mol. The van der Waals surface area contributed by atoms with E-state index in [-0.39, 0.29) is 4.90 Å². The van der Waals surface area contributed by atoms with E-state index in [1.807, 2.05) is 48.5 Å². The molecule has 0 saturated heterocycles. The highest BCUT2D eigenvalue weighted by molar-refractivity contribution is 9.10. The van der Waals surface area contributed by atoms with Gasteiger partial charge in [0.05, 0.1) is 15.9 Å². The second kappa shape index (κ2) is 5.22. The summed E-state index contributed by atoms with van der Waals surface area (Å²) in [4.78, 5) is 0.283. The molecule has 0 N–H and O–H groups in total. The van der Waals surface area contributed by atoms with Crippen LogP contribution in [-0.2, 0) is 10.0 Å². The Morgan fingerprint density at radius 3 is 2.17 bits per heavy atom. The average Bonchev–Trinajstić information content (AvgIpc) is 2.90. The van der Waals surface area contributed by atoms with Crippen molar-refractivity contribution in [3.05, 3.63) is 77.3 Å². The molecular formula is C18H12BrNO2S. The highest BCUT2D eigenvalue weighted by Gasteiger charge is 2.22. The van der Waals surface area contributed by atoms with Gasteiger partial charge >= 0.3 is 0 Å². The van der Waals surface area contributed by atoms with Crippen LogP contribution in [0.15, 0.2) is 82.2 Å². The summed E-state index contributed by atoms with van der Waals surface area (Å²) in [6.45, 7) is 0. The Morgan fingerprint density at radius 2 is 1.39 bits per heavy atom. The second-order valence-electron chi connectivity index (χ2n) is 5.26. The van der Waals surface area contributed by atoms with E-state index >= 15 is 0 Å². The fourth-order valence-corrected chi connectivity index (χ4v) is 4.78. The molecular weight excluding hydrogens is 374 g/mol. The summed E-state index contributed by atoms with van der Waals surface area (Å²) in [5, 5.41) is 1.83. The van der Waals surface area contributed by atoms with E-state index in [0.29, 0.717) is 11.0 Å². The number of hydrogen-bond donors (Lipinski definition) is 0. The summed E-state index contributed by atoms with van der Waals surface area (Å²) >= 11 is 3.46. The Bertz CT molecular complexity index is 1130. The van der Waals surface area contributed by atoms with Crippen molar-refractivity contribution in [1.29, 1.82) is 0 Å².